The first-order valence-corrected chi connectivity index (χ1v) is 12.7. The van der Waals surface area contributed by atoms with Gasteiger partial charge < -0.3 is 15.1 Å². The highest BCUT2D eigenvalue weighted by Crippen LogP contribution is 2.20. The molecule has 0 radical (unpaired) electrons. The molecular weight excluding hydrogens is 400 g/mol. The molecule has 1 amide bonds. The van der Waals surface area contributed by atoms with E-state index in [2.05, 4.69) is 22.0 Å². The summed E-state index contributed by atoms with van der Waals surface area (Å²) in [4.78, 5) is 17.4. The van der Waals surface area contributed by atoms with E-state index in [9.17, 15) is 13.2 Å². The maximum absolute atomic E-state index is 12.9. The molecular formula is C22H36N4O3S. The first-order valence-electron chi connectivity index (χ1n) is 11.2. The van der Waals surface area contributed by atoms with E-state index in [0.717, 1.165) is 32.6 Å². The molecule has 0 saturated carbocycles. The van der Waals surface area contributed by atoms with Gasteiger partial charge in [-0.2, -0.15) is 4.31 Å². The molecule has 1 atom stereocenters. The Labute approximate surface area is 181 Å². The number of benzene rings is 1. The second-order valence-corrected chi connectivity index (χ2v) is 10.4. The lowest BCUT2D eigenvalue weighted by molar-refractivity contribution is 0.0947. The van der Waals surface area contributed by atoms with Crippen LogP contribution in [0.5, 0.6) is 0 Å². The van der Waals surface area contributed by atoms with Crippen molar-refractivity contribution in [1.29, 1.82) is 0 Å². The van der Waals surface area contributed by atoms with Gasteiger partial charge in [0.2, 0.25) is 10.0 Å². The Morgan fingerprint density at radius 1 is 1.13 bits per heavy atom. The maximum atomic E-state index is 12.9. The number of sulfonamides is 1. The van der Waals surface area contributed by atoms with E-state index in [0.29, 0.717) is 31.2 Å². The molecule has 2 saturated heterocycles. The second-order valence-electron chi connectivity index (χ2n) is 8.44. The fourth-order valence-corrected chi connectivity index (χ4v) is 5.85. The van der Waals surface area contributed by atoms with Gasteiger partial charge in [0.15, 0.2) is 0 Å². The average Bonchev–Trinajstić information content (AvgIpc) is 2.77. The fourth-order valence-electron chi connectivity index (χ4n) is 4.38. The molecule has 7 nitrogen and oxygen atoms in total. The van der Waals surface area contributed by atoms with E-state index in [1.54, 1.807) is 18.2 Å². The molecule has 2 fully saturated rings. The van der Waals surface area contributed by atoms with Gasteiger partial charge in [0.25, 0.3) is 5.91 Å². The zero-order valence-corrected chi connectivity index (χ0v) is 19.2. The summed E-state index contributed by atoms with van der Waals surface area (Å²) in [7, 11) is -1.58. The number of piperazine rings is 1. The van der Waals surface area contributed by atoms with Gasteiger partial charge in [-0.25, -0.2) is 8.42 Å². The maximum Gasteiger partial charge on any atom is 0.251 e. The van der Waals surface area contributed by atoms with Crippen molar-refractivity contribution in [3.8, 4) is 0 Å². The number of amides is 1. The van der Waals surface area contributed by atoms with Crippen molar-refractivity contribution < 1.29 is 13.2 Å². The van der Waals surface area contributed by atoms with Gasteiger partial charge in [-0.3, -0.25) is 4.79 Å². The lowest BCUT2D eigenvalue weighted by Crippen LogP contribution is -2.47. The van der Waals surface area contributed by atoms with Gasteiger partial charge in [-0.05, 0) is 57.5 Å². The minimum absolute atomic E-state index is 0.193. The zero-order valence-electron chi connectivity index (χ0n) is 18.3. The first kappa shape index (κ1) is 23.2. The normalized spacial score (nSPS) is 22.1. The summed E-state index contributed by atoms with van der Waals surface area (Å²) in [5.41, 5.74) is 0.398. The van der Waals surface area contributed by atoms with Gasteiger partial charge in [0.05, 0.1) is 4.90 Å². The highest BCUT2D eigenvalue weighted by Gasteiger charge is 2.28. The highest BCUT2D eigenvalue weighted by atomic mass is 32.2. The SMILES string of the molecule is CCC1CCCCN1CCCNC(=O)c1cccc(S(=O)(=O)N2CCN(C)CC2)c1. The quantitative estimate of drug-likeness (QED) is 0.631. The number of rotatable bonds is 8. The second kappa shape index (κ2) is 10.7. The number of hydrogen-bond acceptors (Lipinski definition) is 5. The summed E-state index contributed by atoms with van der Waals surface area (Å²) < 4.78 is 27.4. The fraction of sp³-hybridized carbons (Fsp3) is 0.682. The Balaban J connectivity index is 1.53. The van der Waals surface area contributed by atoms with Crippen molar-refractivity contribution in [3.05, 3.63) is 29.8 Å². The number of likely N-dealkylation sites (N-methyl/N-ethyl adjacent to an activating group) is 1. The van der Waals surface area contributed by atoms with E-state index in [1.807, 2.05) is 7.05 Å². The predicted octanol–water partition coefficient (Wildman–Crippen LogP) is 2.01. The Kier molecular flexibility index (Phi) is 8.27. The molecule has 2 aliphatic rings. The first-order chi connectivity index (χ1) is 14.4. The van der Waals surface area contributed by atoms with Crippen LogP contribution in [0.25, 0.3) is 0 Å². The molecule has 0 spiro atoms. The van der Waals surface area contributed by atoms with Crippen LogP contribution in [0, 0.1) is 0 Å². The van der Waals surface area contributed by atoms with Crippen molar-refractivity contribution in [3.63, 3.8) is 0 Å². The van der Waals surface area contributed by atoms with Gasteiger partial charge in [-0.1, -0.05) is 19.4 Å². The largest absolute Gasteiger partial charge is 0.352 e. The summed E-state index contributed by atoms with van der Waals surface area (Å²) in [6, 6.07) is 7.07. The predicted molar refractivity (Wildman–Crippen MR) is 119 cm³/mol. The van der Waals surface area contributed by atoms with E-state index in [-0.39, 0.29) is 10.8 Å². The Morgan fingerprint density at radius 3 is 2.63 bits per heavy atom. The van der Waals surface area contributed by atoms with Crippen LogP contribution in [-0.4, -0.2) is 87.3 Å². The van der Waals surface area contributed by atoms with Crippen molar-refractivity contribution in [1.82, 2.24) is 19.4 Å². The van der Waals surface area contributed by atoms with Crippen molar-refractivity contribution >= 4 is 15.9 Å². The lowest BCUT2D eigenvalue weighted by atomic mass is 10.00. The molecule has 1 unspecified atom stereocenters. The Hall–Kier alpha value is -1.48. The molecule has 3 rings (SSSR count). The van der Waals surface area contributed by atoms with Crippen molar-refractivity contribution in [2.75, 3.05) is 52.9 Å². The van der Waals surface area contributed by atoms with E-state index >= 15 is 0 Å². The zero-order chi connectivity index (χ0) is 21.6. The van der Waals surface area contributed by atoms with E-state index in [4.69, 9.17) is 0 Å². The minimum Gasteiger partial charge on any atom is -0.352 e. The third-order valence-electron chi connectivity index (χ3n) is 6.32. The molecule has 2 heterocycles. The summed E-state index contributed by atoms with van der Waals surface area (Å²) in [6.07, 6.45) is 5.94. The monoisotopic (exact) mass is 436 g/mol. The highest BCUT2D eigenvalue weighted by molar-refractivity contribution is 7.89. The number of nitrogens with zero attached hydrogens (tertiary/aromatic N) is 3. The standard InChI is InChI=1S/C22H36N4O3S/c1-3-20-9-4-5-12-25(20)13-7-11-23-22(27)19-8-6-10-21(18-19)30(28,29)26-16-14-24(2)15-17-26/h6,8,10,18,20H,3-5,7,9,11-17H2,1-2H3,(H,23,27). The third-order valence-corrected chi connectivity index (χ3v) is 8.22. The molecule has 2 aliphatic heterocycles. The summed E-state index contributed by atoms with van der Waals surface area (Å²) in [5.74, 6) is -0.212. The van der Waals surface area contributed by atoms with Gasteiger partial charge >= 0.3 is 0 Å². The van der Waals surface area contributed by atoms with Crippen LogP contribution in [-0.2, 0) is 10.0 Å². The summed E-state index contributed by atoms with van der Waals surface area (Å²) >= 11 is 0. The van der Waals surface area contributed by atoms with Crippen LogP contribution in [0.2, 0.25) is 0 Å². The van der Waals surface area contributed by atoms with Crippen molar-refractivity contribution in [2.24, 2.45) is 0 Å². The van der Waals surface area contributed by atoms with Gasteiger partial charge in [-0.15, -0.1) is 0 Å². The third kappa shape index (κ3) is 5.81. The molecule has 1 aromatic carbocycles. The van der Waals surface area contributed by atoms with Crippen LogP contribution < -0.4 is 5.32 Å². The molecule has 0 aromatic heterocycles. The molecule has 168 valence electrons. The molecule has 0 bridgehead atoms. The molecule has 8 heteroatoms. The number of carbonyl (C=O) groups excluding carboxylic acids is 1. The smallest absolute Gasteiger partial charge is 0.251 e. The summed E-state index contributed by atoms with van der Waals surface area (Å²) in [5, 5.41) is 2.95. The number of likely N-dealkylation sites (tertiary alicyclic amines) is 1. The van der Waals surface area contributed by atoms with Crippen LogP contribution in [0.4, 0.5) is 0 Å². The van der Waals surface area contributed by atoms with Gasteiger partial charge in [0.1, 0.15) is 0 Å². The lowest BCUT2D eigenvalue weighted by Gasteiger charge is -2.35. The number of carbonyl (C=O) groups is 1. The van der Waals surface area contributed by atoms with Crippen molar-refractivity contribution in [2.45, 2.75) is 50.0 Å². The van der Waals surface area contributed by atoms with E-state index in [1.165, 1.54) is 36.1 Å². The topological polar surface area (TPSA) is 73.0 Å². The Morgan fingerprint density at radius 2 is 1.90 bits per heavy atom. The minimum atomic E-state index is -3.57. The van der Waals surface area contributed by atoms with Crippen LogP contribution in [0.3, 0.4) is 0 Å². The number of hydrogen-bond donors (Lipinski definition) is 1. The van der Waals surface area contributed by atoms with Gasteiger partial charge in [0, 0.05) is 50.9 Å². The average molecular weight is 437 g/mol. The van der Waals surface area contributed by atoms with E-state index < -0.39 is 10.0 Å². The van der Waals surface area contributed by atoms with Crippen LogP contribution in [0.1, 0.15) is 49.4 Å². The number of nitrogens with one attached hydrogen (secondary N) is 1. The van der Waals surface area contributed by atoms with Crippen LogP contribution >= 0.6 is 0 Å². The molecule has 1 aromatic rings. The molecule has 30 heavy (non-hydrogen) atoms. The van der Waals surface area contributed by atoms with Crippen LogP contribution in [0.15, 0.2) is 29.2 Å². The molecule has 1 N–H and O–H groups in total. The summed E-state index contributed by atoms with van der Waals surface area (Å²) in [6.45, 7) is 7.38. The Bertz CT molecular complexity index is 806. The number of piperidine rings is 1. The molecule has 0 aliphatic carbocycles.